The molecule has 0 N–H and O–H groups in total. The van der Waals surface area contributed by atoms with E-state index in [4.69, 9.17) is 0 Å². The van der Waals surface area contributed by atoms with Crippen LogP contribution in [0, 0.1) is 0 Å². The van der Waals surface area contributed by atoms with Crippen LogP contribution >= 0.6 is 31.9 Å². The van der Waals surface area contributed by atoms with Crippen LogP contribution in [-0.4, -0.2) is 0 Å². The van der Waals surface area contributed by atoms with E-state index in [1.165, 1.54) is 84.3 Å². The Hall–Kier alpha value is 0.180. The quantitative estimate of drug-likeness (QED) is 0.314. The van der Waals surface area contributed by atoms with Gasteiger partial charge in [0, 0.05) is 8.96 Å². The molecular weight excluding hydrogens is 388 g/mol. The summed E-state index contributed by atoms with van der Waals surface area (Å²) in [4.78, 5) is 0. The normalized spacial score (nSPS) is 15.8. The van der Waals surface area contributed by atoms with Crippen molar-refractivity contribution in [3.63, 3.8) is 0 Å². The largest absolute Gasteiger partial charge is 0.0752 e. The molecule has 2 heteroatoms. The number of hydrogen-bond donors (Lipinski definition) is 0. The van der Waals surface area contributed by atoms with Crippen LogP contribution in [-0.2, 0) is 0 Å². The molecule has 0 aromatic carbocycles. The van der Waals surface area contributed by atoms with Crippen molar-refractivity contribution in [3.05, 3.63) is 32.3 Å². The number of hydrogen-bond acceptors (Lipinski definition) is 0. The van der Waals surface area contributed by atoms with Gasteiger partial charge in [-0.05, 0) is 49.3 Å². The van der Waals surface area contributed by atoms with Crippen LogP contribution < -0.4 is 0 Å². The second-order valence-corrected chi connectivity index (χ2v) is 7.79. The average molecular weight is 418 g/mol. The van der Waals surface area contributed by atoms with E-state index in [0.29, 0.717) is 0 Å². The molecule has 1 aliphatic rings. The molecule has 0 heterocycles. The third-order valence-electron chi connectivity index (χ3n) is 4.08. The molecule has 120 valence electrons. The second-order valence-electron chi connectivity index (χ2n) is 5.98. The monoisotopic (exact) mass is 416 g/mol. The highest BCUT2D eigenvalue weighted by atomic mass is 79.9. The summed E-state index contributed by atoms with van der Waals surface area (Å²) in [6, 6.07) is 0. The zero-order valence-corrected chi connectivity index (χ0v) is 16.9. The number of allylic oxidation sites excluding steroid dienone is 6. The second kappa shape index (κ2) is 11.7. The topological polar surface area (TPSA) is 0 Å². The highest BCUT2D eigenvalue weighted by Crippen LogP contribution is 2.34. The van der Waals surface area contributed by atoms with Gasteiger partial charge in [0.25, 0.3) is 0 Å². The Bertz CT molecular complexity index is 388. The highest BCUT2D eigenvalue weighted by molar-refractivity contribution is 9.12. The molecule has 0 aliphatic heterocycles. The number of halogens is 2. The molecule has 0 unspecified atom stereocenters. The summed E-state index contributed by atoms with van der Waals surface area (Å²) in [6.07, 6.45) is 18.9. The van der Waals surface area contributed by atoms with Crippen LogP contribution in [0.2, 0.25) is 0 Å². The standard InChI is InChI=1S/C19H30Br2/c1-3-5-7-9-11-16-13-14-18(20)17(15-19(16)21)12-10-8-6-4-2/h13,15H,3-12,14H2,1-2H3. The first kappa shape index (κ1) is 19.2. The van der Waals surface area contributed by atoms with Crippen molar-refractivity contribution in [2.75, 3.05) is 0 Å². The number of unbranched alkanes of at least 4 members (excludes halogenated alkanes) is 6. The molecule has 1 aliphatic carbocycles. The predicted octanol–water partition coefficient (Wildman–Crippen LogP) is 8.19. The Morgan fingerprint density at radius 1 is 0.857 bits per heavy atom. The molecule has 0 aromatic heterocycles. The van der Waals surface area contributed by atoms with Gasteiger partial charge in [-0.3, -0.25) is 0 Å². The van der Waals surface area contributed by atoms with Gasteiger partial charge in [0.2, 0.25) is 0 Å². The van der Waals surface area contributed by atoms with E-state index < -0.39 is 0 Å². The van der Waals surface area contributed by atoms with Gasteiger partial charge in [0.05, 0.1) is 0 Å². The maximum Gasteiger partial charge on any atom is 0.0207 e. The third-order valence-corrected chi connectivity index (χ3v) is 5.65. The summed E-state index contributed by atoms with van der Waals surface area (Å²) in [7, 11) is 0. The Balaban J connectivity index is 2.51. The lowest BCUT2D eigenvalue weighted by molar-refractivity contribution is 0.666. The van der Waals surface area contributed by atoms with Gasteiger partial charge in [-0.25, -0.2) is 0 Å². The van der Waals surface area contributed by atoms with Gasteiger partial charge in [0.15, 0.2) is 0 Å². The lowest BCUT2D eigenvalue weighted by Gasteiger charge is -2.07. The van der Waals surface area contributed by atoms with Crippen LogP contribution in [0.3, 0.4) is 0 Å². The zero-order chi connectivity index (χ0) is 15.5. The van der Waals surface area contributed by atoms with Crippen molar-refractivity contribution >= 4 is 31.9 Å². The first-order valence-electron chi connectivity index (χ1n) is 8.63. The molecule has 0 aromatic rings. The fraction of sp³-hybridized carbons (Fsp3) is 0.684. The van der Waals surface area contributed by atoms with E-state index in [1.54, 1.807) is 0 Å². The molecule has 0 saturated carbocycles. The summed E-state index contributed by atoms with van der Waals surface area (Å²) >= 11 is 7.59. The molecular formula is C19H30Br2. The van der Waals surface area contributed by atoms with Gasteiger partial charge in [-0.15, -0.1) is 0 Å². The van der Waals surface area contributed by atoms with Gasteiger partial charge < -0.3 is 0 Å². The van der Waals surface area contributed by atoms with E-state index >= 15 is 0 Å². The molecule has 1 rings (SSSR count). The SMILES string of the molecule is CCCCCCC1=CCC(Br)=C(CCCCCC)C=C1Br. The minimum Gasteiger partial charge on any atom is -0.0752 e. The lowest BCUT2D eigenvalue weighted by Crippen LogP contribution is -1.86. The van der Waals surface area contributed by atoms with Gasteiger partial charge in [-0.1, -0.05) is 90.3 Å². The van der Waals surface area contributed by atoms with Crippen LogP contribution in [0.4, 0.5) is 0 Å². The molecule has 0 amide bonds. The summed E-state index contributed by atoms with van der Waals surface area (Å²) in [5, 5.41) is 0. The van der Waals surface area contributed by atoms with E-state index in [1.807, 2.05) is 0 Å². The number of rotatable bonds is 10. The van der Waals surface area contributed by atoms with E-state index in [9.17, 15) is 0 Å². The van der Waals surface area contributed by atoms with Gasteiger partial charge in [-0.2, -0.15) is 0 Å². The van der Waals surface area contributed by atoms with Crippen LogP contribution in [0.5, 0.6) is 0 Å². The first-order valence-corrected chi connectivity index (χ1v) is 10.2. The molecule has 0 spiro atoms. The maximum absolute atomic E-state index is 3.80. The van der Waals surface area contributed by atoms with Gasteiger partial charge >= 0.3 is 0 Å². The average Bonchev–Trinajstić information content (AvgIpc) is 2.61. The zero-order valence-electron chi connectivity index (χ0n) is 13.7. The van der Waals surface area contributed by atoms with Crippen molar-refractivity contribution in [2.45, 2.75) is 84.5 Å². The van der Waals surface area contributed by atoms with Crippen LogP contribution in [0.25, 0.3) is 0 Å². The van der Waals surface area contributed by atoms with Crippen LogP contribution in [0.15, 0.2) is 32.3 Å². The summed E-state index contributed by atoms with van der Waals surface area (Å²) < 4.78 is 2.68. The fourth-order valence-electron chi connectivity index (χ4n) is 2.68. The Morgan fingerprint density at radius 2 is 1.48 bits per heavy atom. The van der Waals surface area contributed by atoms with Crippen molar-refractivity contribution in [1.29, 1.82) is 0 Å². The summed E-state index contributed by atoms with van der Waals surface area (Å²) in [5.41, 5.74) is 2.98. The highest BCUT2D eigenvalue weighted by Gasteiger charge is 2.10. The molecule has 0 nitrogen and oxygen atoms in total. The minimum absolute atomic E-state index is 1.05. The lowest BCUT2D eigenvalue weighted by atomic mass is 10.0. The minimum atomic E-state index is 1.05. The van der Waals surface area contributed by atoms with E-state index in [0.717, 1.165) is 6.42 Å². The Kier molecular flexibility index (Phi) is 10.7. The predicted molar refractivity (Wildman–Crippen MR) is 103 cm³/mol. The molecule has 0 atom stereocenters. The van der Waals surface area contributed by atoms with Crippen molar-refractivity contribution in [3.8, 4) is 0 Å². The smallest absolute Gasteiger partial charge is 0.0207 e. The van der Waals surface area contributed by atoms with Crippen molar-refractivity contribution in [2.24, 2.45) is 0 Å². The molecule has 0 saturated heterocycles. The van der Waals surface area contributed by atoms with Gasteiger partial charge in [0.1, 0.15) is 0 Å². The maximum atomic E-state index is 3.80. The van der Waals surface area contributed by atoms with Crippen molar-refractivity contribution < 1.29 is 0 Å². The molecule has 0 fully saturated rings. The first-order chi connectivity index (χ1) is 10.2. The molecule has 0 radical (unpaired) electrons. The van der Waals surface area contributed by atoms with Crippen molar-refractivity contribution in [1.82, 2.24) is 0 Å². The fourth-order valence-corrected chi connectivity index (χ4v) is 3.79. The van der Waals surface area contributed by atoms with E-state index in [2.05, 4.69) is 57.9 Å². The molecule has 21 heavy (non-hydrogen) atoms. The van der Waals surface area contributed by atoms with Crippen LogP contribution in [0.1, 0.15) is 84.5 Å². The molecule has 0 bridgehead atoms. The summed E-state index contributed by atoms with van der Waals surface area (Å²) in [5.74, 6) is 0. The van der Waals surface area contributed by atoms with E-state index in [-0.39, 0.29) is 0 Å². The Labute approximate surface area is 148 Å². The Morgan fingerprint density at radius 3 is 2.10 bits per heavy atom. The summed E-state index contributed by atoms with van der Waals surface area (Å²) in [6.45, 7) is 4.54. The third kappa shape index (κ3) is 7.83.